The lowest BCUT2D eigenvalue weighted by atomic mass is 10.1. The predicted molar refractivity (Wildman–Crippen MR) is 90.0 cm³/mol. The van der Waals surface area contributed by atoms with Crippen LogP contribution in [-0.4, -0.2) is 14.2 Å². The molecule has 3 rings (SSSR count). The van der Waals surface area contributed by atoms with Crippen LogP contribution < -0.4 is 20.4 Å². The molecule has 0 bridgehead atoms. The number of hydrogen-bond acceptors (Lipinski definition) is 5. The van der Waals surface area contributed by atoms with Crippen LogP contribution in [0.2, 0.25) is 0 Å². The van der Waals surface area contributed by atoms with Crippen LogP contribution in [-0.2, 0) is 0 Å². The van der Waals surface area contributed by atoms with E-state index in [4.69, 9.17) is 13.9 Å². The van der Waals surface area contributed by atoms with Crippen LogP contribution in [0.5, 0.6) is 11.5 Å². The Hall–Kier alpha value is -2.95. The number of hydrogen-bond donors (Lipinski definition) is 1. The molecule has 0 aliphatic carbocycles. The van der Waals surface area contributed by atoms with E-state index in [2.05, 4.69) is 5.32 Å². The highest BCUT2D eigenvalue weighted by Crippen LogP contribution is 2.36. The lowest BCUT2D eigenvalue weighted by Gasteiger charge is -2.14. The van der Waals surface area contributed by atoms with Crippen molar-refractivity contribution in [2.24, 2.45) is 0 Å². The van der Waals surface area contributed by atoms with Gasteiger partial charge in [0.2, 0.25) is 0 Å². The maximum Gasteiger partial charge on any atom is 0.336 e. The summed E-state index contributed by atoms with van der Waals surface area (Å²) in [4.78, 5) is 11.5. The molecular weight excluding hydrogens is 294 g/mol. The summed E-state index contributed by atoms with van der Waals surface area (Å²) in [7, 11) is 3.18. The van der Waals surface area contributed by atoms with Gasteiger partial charge in [0, 0.05) is 23.2 Å². The monoisotopic (exact) mass is 311 g/mol. The van der Waals surface area contributed by atoms with Crippen molar-refractivity contribution in [3.8, 4) is 11.5 Å². The lowest BCUT2D eigenvalue weighted by Crippen LogP contribution is -1.99. The molecule has 5 nitrogen and oxygen atoms in total. The fraction of sp³-hybridized carbons (Fsp3) is 0.167. The summed E-state index contributed by atoms with van der Waals surface area (Å²) in [6, 6.07) is 12.7. The molecule has 5 heteroatoms. The average molecular weight is 311 g/mol. The first-order chi connectivity index (χ1) is 11.1. The summed E-state index contributed by atoms with van der Waals surface area (Å²) in [5, 5.41) is 4.17. The third kappa shape index (κ3) is 2.85. The molecule has 0 radical (unpaired) electrons. The minimum atomic E-state index is -0.355. The number of anilines is 2. The summed E-state index contributed by atoms with van der Waals surface area (Å²) < 4.78 is 16.0. The SMILES string of the molecule is COc1cccc(Nc2ccc3c(C)cc(=O)oc3c2)c1OC. The topological polar surface area (TPSA) is 60.7 Å². The number of methoxy groups -OCH3 is 2. The number of fused-ring (bicyclic) bond motifs is 1. The molecule has 0 aliphatic rings. The number of aryl methyl sites for hydroxylation is 1. The summed E-state index contributed by atoms with van der Waals surface area (Å²) in [5.74, 6) is 1.25. The molecular formula is C18H17NO4. The first-order valence-electron chi connectivity index (χ1n) is 7.15. The van der Waals surface area contributed by atoms with Gasteiger partial charge in [-0.25, -0.2) is 4.79 Å². The highest BCUT2D eigenvalue weighted by molar-refractivity contribution is 5.84. The zero-order chi connectivity index (χ0) is 16.4. The summed E-state index contributed by atoms with van der Waals surface area (Å²) in [5.41, 5.74) is 2.63. The molecule has 23 heavy (non-hydrogen) atoms. The highest BCUT2D eigenvalue weighted by Gasteiger charge is 2.10. The summed E-state index contributed by atoms with van der Waals surface area (Å²) in [6.45, 7) is 1.89. The van der Waals surface area contributed by atoms with Crippen LogP contribution in [0.1, 0.15) is 5.56 Å². The highest BCUT2D eigenvalue weighted by atomic mass is 16.5. The predicted octanol–water partition coefficient (Wildman–Crippen LogP) is 3.86. The fourth-order valence-corrected chi connectivity index (χ4v) is 2.54. The first-order valence-corrected chi connectivity index (χ1v) is 7.15. The zero-order valence-corrected chi connectivity index (χ0v) is 13.2. The van der Waals surface area contributed by atoms with Gasteiger partial charge in [-0.3, -0.25) is 0 Å². The minimum absolute atomic E-state index is 0.355. The van der Waals surface area contributed by atoms with E-state index in [9.17, 15) is 4.79 Å². The Morgan fingerprint density at radius 2 is 1.87 bits per heavy atom. The number of rotatable bonds is 4. The maximum absolute atomic E-state index is 11.5. The zero-order valence-electron chi connectivity index (χ0n) is 13.2. The quantitative estimate of drug-likeness (QED) is 0.741. The van der Waals surface area contributed by atoms with Crippen LogP contribution in [0, 0.1) is 6.92 Å². The summed E-state index contributed by atoms with van der Waals surface area (Å²) >= 11 is 0. The van der Waals surface area contributed by atoms with Crippen molar-refractivity contribution in [3.05, 3.63) is 58.4 Å². The molecule has 0 aliphatic heterocycles. The molecule has 118 valence electrons. The summed E-state index contributed by atoms with van der Waals surface area (Å²) in [6.07, 6.45) is 0. The van der Waals surface area contributed by atoms with Crippen molar-refractivity contribution in [1.29, 1.82) is 0 Å². The van der Waals surface area contributed by atoms with Gasteiger partial charge in [0.1, 0.15) is 5.58 Å². The van der Waals surface area contributed by atoms with Crippen LogP contribution >= 0.6 is 0 Å². The molecule has 0 unspecified atom stereocenters. The van der Waals surface area contributed by atoms with Crippen molar-refractivity contribution in [2.45, 2.75) is 6.92 Å². The molecule has 0 saturated carbocycles. The maximum atomic E-state index is 11.5. The number of nitrogens with one attached hydrogen (secondary N) is 1. The third-order valence-corrected chi connectivity index (χ3v) is 3.63. The molecule has 1 aromatic heterocycles. The average Bonchev–Trinajstić information content (AvgIpc) is 2.54. The Labute approximate surface area is 133 Å². The Balaban J connectivity index is 2.04. The molecule has 0 atom stereocenters. The van der Waals surface area contributed by atoms with Crippen molar-refractivity contribution < 1.29 is 13.9 Å². The van der Waals surface area contributed by atoms with Gasteiger partial charge >= 0.3 is 5.63 Å². The van der Waals surface area contributed by atoms with Crippen molar-refractivity contribution in [2.75, 3.05) is 19.5 Å². The second kappa shape index (κ2) is 6.04. The van der Waals surface area contributed by atoms with Gasteiger partial charge in [-0.2, -0.15) is 0 Å². The Bertz CT molecular complexity index is 915. The van der Waals surface area contributed by atoms with Crippen LogP contribution in [0.25, 0.3) is 11.0 Å². The molecule has 2 aromatic carbocycles. The fourth-order valence-electron chi connectivity index (χ4n) is 2.54. The van der Waals surface area contributed by atoms with Gasteiger partial charge in [0.05, 0.1) is 19.9 Å². The van der Waals surface area contributed by atoms with E-state index in [1.165, 1.54) is 6.07 Å². The molecule has 1 N–H and O–H groups in total. The Morgan fingerprint density at radius 3 is 2.61 bits per heavy atom. The third-order valence-electron chi connectivity index (χ3n) is 3.63. The molecule has 0 saturated heterocycles. The van der Waals surface area contributed by atoms with Gasteiger partial charge in [0.25, 0.3) is 0 Å². The van der Waals surface area contributed by atoms with E-state index in [0.717, 1.165) is 22.3 Å². The van der Waals surface area contributed by atoms with E-state index < -0.39 is 0 Å². The van der Waals surface area contributed by atoms with Crippen LogP contribution in [0.15, 0.2) is 51.7 Å². The van der Waals surface area contributed by atoms with Gasteiger partial charge in [-0.05, 0) is 36.8 Å². The van der Waals surface area contributed by atoms with Crippen molar-refractivity contribution in [1.82, 2.24) is 0 Å². The molecule has 0 spiro atoms. The Kier molecular flexibility index (Phi) is 3.93. The van der Waals surface area contributed by atoms with Gasteiger partial charge < -0.3 is 19.2 Å². The van der Waals surface area contributed by atoms with E-state index in [1.807, 2.05) is 37.3 Å². The molecule has 0 fully saturated rings. The van der Waals surface area contributed by atoms with Gasteiger partial charge in [-0.15, -0.1) is 0 Å². The number of benzene rings is 2. The van der Waals surface area contributed by atoms with E-state index >= 15 is 0 Å². The second-order valence-corrected chi connectivity index (χ2v) is 5.13. The van der Waals surface area contributed by atoms with E-state index in [1.54, 1.807) is 20.3 Å². The Morgan fingerprint density at radius 1 is 1.04 bits per heavy atom. The van der Waals surface area contributed by atoms with Crippen molar-refractivity contribution in [3.63, 3.8) is 0 Å². The lowest BCUT2D eigenvalue weighted by molar-refractivity contribution is 0.356. The smallest absolute Gasteiger partial charge is 0.336 e. The standard InChI is InChI=1S/C18H17NO4/c1-11-9-17(20)23-16-10-12(7-8-13(11)16)19-14-5-4-6-15(21-2)18(14)22-3/h4-10,19H,1-3H3. The normalized spacial score (nSPS) is 10.6. The number of para-hydroxylation sites is 1. The van der Waals surface area contributed by atoms with Gasteiger partial charge in [-0.1, -0.05) is 6.07 Å². The van der Waals surface area contributed by atoms with E-state index in [0.29, 0.717) is 17.1 Å². The molecule has 3 aromatic rings. The molecule has 0 amide bonds. The minimum Gasteiger partial charge on any atom is -0.493 e. The largest absolute Gasteiger partial charge is 0.493 e. The van der Waals surface area contributed by atoms with Crippen LogP contribution in [0.4, 0.5) is 11.4 Å². The molecule has 1 heterocycles. The van der Waals surface area contributed by atoms with Gasteiger partial charge in [0.15, 0.2) is 11.5 Å². The second-order valence-electron chi connectivity index (χ2n) is 5.13. The van der Waals surface area contributed by atoms with Crippen LogP contribution in [0.3, 0.4) is 0 Å². The first kappa shape index (κ1) is 15.0. The number of ether oxygens (including phenoxy) is 2. The van der Waals surface area contributed by atoms with Crippen molar-refractivity contribution >= 4 is 22.3 Å². The van der Waals surface area contributed by atoms with E-state index in [-0.39, 0.29) is 5.63 Å².